The Morgan fingerprint density at radius 2 is 2.20 bits per heavy atom. The number of hydrogen-bond donors (Lipinski definition) is 1. The van der Waals surface area contributed by atoms with E-state index >= 15 is 0 Å². The molecule has 0 radical (unpaired) electrons. The molecule has 108 valence electrons. The summed E-state index contributed by atoms with van der Waals surface area (Å²) in [5.74, 6) is -0.660. The quantitative estimate of drug-likeness (QED) is 0.925. The van der Waals surface area contributed by atoms with Gasteiger partial charge in [-0.25, -0.2) is 14.0 Å². The van der Waals surface area contributed by atoms with Crippen molar-refractivity contribution in [2.75, 3.05) is 18.7 Å². The number of urea groups is 1. The van der Waals surface area contributed by atoms with Gasteiger partial charge >= 0.3 is 12.0 Å². The molecule has 0 saturated carbocycles. The third-order valence-electron chi connectivity index (χ3n) is 3.10. The van der Waals surface area contributed by atoms with E-state index in [2.05, 4.69) is 0 Å². The number of amides is 2. The molecule has 0 spiro atoms. The van der Waals surface area contributed by atoms with Crippen molar-refractivity contribution in [3.63, 3.8) is 0 Å². The van der Waals surface area contributed by atoms with Crippen molar-refractivity contribution in [2.45, 2.75) is 12.6 Å². The average Bonchev–Trinajstić information content (AvgIpc) is 2.89. The Morgan fingerprint density at radius 1 is 1.50 bits per heavy atom. The van der Waals surface area contributed by atoms with Gasteiger partial charge in [-0.15, -0.1) is 11.8 Å². The van der Waals surface area contributed by atoms with Crippen molar-refractivity contribution in [1.82, 2.24) is 9.80 Å². The molecule has 1 unspecified atom stereocenters. The van der Waals surface area contributed by atoms with Gasteiger partial charge in [-0.3, -0.25) is 0 Å². The minimum Gasteiger partial charge on any atom is -0.480 e. The van der Waals surface area contributed by atoms with Gasteiger partial charge in [-0.2, -0.15) is 0 Å². The van der Waals surface area contributed by atoms with Crippen molar-refractivity contribution in [3.8, 4) is 0 Å². The molecule has 1 heterocycles. The Hall–Kier alpha value is -1.76. The molecule has 1 aliphatic heterocycles. The Labute approximate surface area is 120 Å². The molecule has 1 fully saturated rings. The maximum Gasteiger partial charge on any atom is 0.327 e. The molecule has 1 aromatic rings. The summed E-state index contributed by atoms with van der Waals surface area (Å²) in [7, 11) is 1.54. The zero-order chi connectivity index (χ0) is 14.7. The Bertz CT molecular complexity index is 526. The standard InChI is InChI=1S/C13H15FN2O3S/c1-15(6-9-4-2-3-5-10(9)14)13(19)16-8-20-7-11(16)12(17)18/h2-5,11H,6-8H2,1H3,(H,17,18). The van der Waals surface area contributed by atoms with Gasteiger partial charge in [0.25, 0.3) is 0 Å². The van der Waals surface area contributed by atoms with Gasteiger partial charge in [0.05, 0.1) is 5.88 Å². The van der Waals surface area contributed by atoms with E-state index < -0.39 is 18.0 Å². The summed E-state index contributed by atoms with van der Waals surface area (Å²) in [4.78, 5) is 25.9. The number of aliphatic carboxylic acids is 1. The number of nitrogens with zero attached hydrogens (tertiary/aromatic N) is 2. The number of carboxylic acid groups (broad SMARTS) is 1. The number of carboxylic acids is 1. The van der Waals surface area contributed by atoms with Crippen LogP contribution in [0.4, 0.5) is 9.18 Å². The number of carbonyl (C=O) groups excluding carboxylic acids is 1. The average molecular weight is 298 g/mol. The summed E-state index contributed by atoms with van der Waals surface area (Å²) in [6.07, 6.45) is 0. The van der Waals surface area contributed by atoms with Gasteiger partial charge in [0.2, 0.25) is 0 Å². The molecule has 0 bridgehead atoms. The second-order valence-electron chi connectivity index (χ2n) is 4.55. The number of benzene rings is 1. The first-order valence-electron chi connectivity index (χ1n) is 6.06. The molecule has 7 heteroatoms. The third kappa shape index (κ3) is 3.04. The highest BCUT2D eigenvalue weighted by Crippen LogP contribution is 2.23. The lowest BCUT2D eigenvalue weighted by atomic mass is 10.2. The van der Waals surface area contributed by atoms with Crippen LogP contribution in [-0.2, 0) is 11.3 Å². The van der Waals surface area contributed by atoms with Crippen LogP contribution in [-0.4, -0.2) is 51.6 Å². The van der Waals surface area contributed by atoms with E-state index in [-0.39, 0.29) is 12.4 Å². The van der Waals surface area contributed by atoms with Crippen LogP contribution < -0.4 is 0 Å². The van der Waals surface area contributed by atoms with Crippen molar-refractivity contribution >= 4 is 23.8 Å². The molecule has 1 atom stereocenters. The summed E-state index contributed by atoms with van der Waals surface area (Å²) in [6, 6.07) is 5.01. The highest BCUT2D eigenvalue weighted by molar-refractivity contribution is 7.99. The third-order valence-corrected chi connectivity index (χ3v) is 4.12. The molecule has 2 rings (SSSR count). The molecule has 1 N–H and O–H groups in total. The normalized spacial score (nSPS) is 18.1. The fourth-order valence-electron chi connectivity index (χ4n) is 2.00. The lowest BCUT2D eigenvalue weighted by Gasteiger charge is -2.27. The second-order valence-corrected chi connectivity index (χ2v) is 5.55. The van der Waals surface area contributed by atoms with E-state index in [9.17, 15) is 14.0 Å². The van der Waals surface area contributed by atoms with Crippen LogP contribution in [0.1, 0.15) is 5.56 Å². The maximum absolute atomic E-state index is 13.5. The molecule has 1 saturated heterocycles. The molecular weight excluding hydrogens is 283 g/mol. The van der Waals surface area contributed by atoms with E-state index in [0.717, 1.165) is 0 Å². The number of thioether (sulfide) groups is 1. The lowest BCUT2D eigenvalue weighted by Crippen LogP contribution is -2.47. The summed E-state index contributed by atoms with van der Waals surface area (Å²) < 4.78 is 13.5. The van der Waals surface area contributed by atoms with Crippen molar-refractivity contribution < 1.29 is 19.1 Å². The van der Waals surface area contributed by atoms with Crippen molar-refractivity contribution in [3.05, 3.63) is 35.6 Å². The van der Waals surface area contributed by atoms with Gasteiger partial charge < -0.3 is 14.9 Å². The summed E-state index contributed by atoms with van der Waals surface area (Å²) in [6.45, 7) is 0.110. The van der Waals surface area contributed by atoms with Crippen LogP contribution in [0.15, 0.2) is 24.3 Å². The highest BCUT2D eigenvalue weighted by atomic mass is 32.2. The van der Waals surface area contributed by atoms with Crippen molar-refractivity contribution in [2.24, 2.45) is 0 Å². The van der Waals surface area contributed by atoms with Crippen LogP contribution in [0.3, 0.4) is 0 Å². The van der Waals surface area contributed by atoms with Gasteiger partial charge in [0, 0.05) is 24.9 Å². The zero-order valence-corrected chi connectivity index (χ0v) is 11.8. The SMILES string of the molecule is CN(Cc1ccccc1F)C(=O)N1CSCC1C(=O)O. The van der Waals surface area contributed by atoms with Crippen LogP contribution in [0, 0.1) is 5.82 Å². The van der Waals surface area contributed by atoms with E-state index in [1.54, 1.807) is 18.2 Å². The number of rotatable bonds is 3. The molecule has 2 amide bonds. The molecule has 0 aliphatic carbocycles. The first-order chi connectivity index (χ1) is 9.50. The predicted molar refractivity (Wildman–Crippen MR) is 73.9 cm³/mol. The van der Waals surface area contributed by atoms with Gasteiger partial charge in [-0.1, -0.05) is 18.2 Å². The summed E-state index contributed by atoms with van der Waals surface area (Å²) in [5, 5.41) is 9.06. The second kappa shape index (κ2) is 6.13. The predicted octanol–water partition coefficient (Wildman–Crippen LogP) is 1.84. The van der Waals surface area contributed by atoms with E-state index in [1.165, 1.54) is 34.7 Å². The van der Waals surface area contributed by atoms with Crippen LogP contribution in [0.25, 0.3) is 0 Å². The van der Waals surface area contributed by atoms with Crippen molar-refractivity contribution in [1.29, 1.82) is 0 Å². The van der Waals surface area contributed by atoms with Gasteiger partial charge in [0.1, 0.15) is 11.9 Å². The molecular formula is C13H15FN2O3S. The Morgan fingerprint density at radius 3 is 2.85 bits per heavy atom. The van der Waals surface area contributed by atoms with E-state index in [4.69, 9.17) is 5.11 Å². The molecule has 1 aromatic carbocycles. The van der Waals surface area contributed by atoms with Gasteiger partial charge in [-0.05, 0) is 6.07 Å². The largest absolute Gasteiger partial charge is 0.480 e. The molecule has 5 nitrogen and oxygen atoms in total. The first kappa shape index (κ1) is 14.6. The lowest BCUT2D eigenvalue weighted by molar-refractivity contribution is -0.140. The topological polar surface area (TPSA) is 60.9 Å². The van der Waals surface area contributed by atoms with Crippen LogP contribution in [0.2, 0.25) is 0 Å². The van der Waals surface area contributed by atoms with Crippen LogP contribution in [0.5, 0.6) is 0 Å². The fourth-order valence-corrected chi connectivity index (χ4v) is 3.14. The summed E-state index contributed by atoms with van der Waals surface area (Å²) >= 11 is 1.40. The first-order valence-corrected chi connectivity index (χ1v) is 7.22. The van der Waals surface area contributed by atoms with E-state index in [0.29, 0.717) is 17.2 Å². The maximum atomic E-state index is 13.5. The number of carbonyl (C=O) groups is 2. The summed E-state index contributed by atoms with van der Waals surface area (Å²) in [5.41, 5.74) is 0.405. The number of hydrogen-bond acceptors (Lipinski definition) is 3. The monoisotopic (exact) mass is 298 g/mol. The van der Waals surface area contributed by atoms with Gasteiger partial charge in [0.15, 0.2) is 0 Å². The smallest absolute Gasteiger partial charge is 0.327 e. The highest BCUT2D eigenvalue weighted by Gasteiger charge is 2.36. The fraction of sp³-hybridized carbons (Fsp3) is 0.385. The zero-order valence-electron chi connectivity index (χ0n) is 11.0. The van der Waals surface area contributed by atoms with Crippen LogP contribution >= 0.6 is 11.8 Å². The van der Waals surface area contributed by atoms with E-state index in [1.807, 2.05) is 0 Å². The molecule has 1 aliphatic rings. The minimum absolute atomic E-state index is 0.110. The Balaban J connectivity index is 2.05. The minimum atomic E-state index is -1.01. The number of halogens is 1. The molecule has 0 aromatic heterocycles. The molecule has 20 heavy (non-hydrogen) atoms. The Kier molecular flexibility index (Phi) is 4.49.